The third-order valence-corrected chi connectivity index (χ3v) is 0. The molecule has 0 aliphatic heterocycles. The molecular weight excluding hydrogens is 150 g/mol. The molecule has 0 heterocycles. The quantitative estimate of drug-likeness (QED) is 0.533. The average Bonchev–Trinajstić information content (AvgIpc) is 1.33. The molecule has 0 aromatic heterocycles. The second-order valence-corrected chi connectivity index (χ2v) is 3.52. The van der Waals surface area contributed by atoms with E-state index in [2.05, 4.69) is 11.0 Å². The van der Waals surface area contributed by atoms with Gasteiger partial charge in [0.1, 0.15) is 0 Å². The Balaban J connectivity index is 0. The summed E-state index contributed by atoms with van der Waals surface area (Å²) in [6.45, 7) is 1.08. The molecule has 0 bridgehead atoms. The summed E-state index contributed by atoms with van der Waals surface area (Å²) in [4.78, 5) is 9.00. The van der Waals surface area contributed by atoms with Gasteiger partial charge < -0.3 is 5.11 Å². The molecule has 0 fully saturated rings. The molecule has 0 rings (SSSR count). The Kier molecular flexibility index (Phi) is 13.7. The van der Waals surface area contributed by atoms with E-state index in [0.717, 1.165) is 6.92 Å². The summed E-state index contributed by atoms with van der Waals surface area (Å²) in [5, 5.41) is 7.42. The Morgan fingerprint density at radius 1 is 1.57 bits per heavy atom. The normalized spacial score (nSPS) is 5.57. The molecule has 0 saturated carbocycles. The Hall–Kier alpha value is 0.106. The van der Waals surface area contributed by atoms with Crippen molar-refractivity contribution in [2.75, 3.05) is 0 Å². The van der Waals surface area contributed by atoms with Crippen molar-refractivity contribution in [2.45, 2.75) is 17.9 Å². The van der Waals surface area contributed by atoms with Crippen LogP contribution in [0.1, 0.15) is 6.92 Å². The fourth-order valence-electron chi connectivity index (χ4n) is 0. The molecule has 0 aromatic rings. The van der Waals surface area contributed by atoms with Crippen LogP contribution in [0.2, 0.25) is 11.0 Å². The Morgan fingerprint density at radius 3 is 1.57 bits per heavy atom. The van der Waals surface area contributed by atoms with Crippen molar-refractivity contribution in [2.24, 2.45) is 0 Å². The van der Waals surface area contributed by atoms with Gasteiger partial charge >= 0.3 is 28.4 Å². The molecule has 41 valence electrons. The summed E-state index contributed by atoms with van der Waals surface area (Å²) >= 11 is 0.312. The number of carbonyl (C=O) groups is 1. The van der Waals surface area contributed by atoms with E-state index in [0.29, 0.717) is 17.4 Å². The average molecular weight is 160 g/mol. The van der Waals surface area contributed by atoms with Crippen molar-refractivity contribution in [1.82, 2.24) is 0 Å². The third kappa shape index (κ3) is 9100. The fraction of sp³-hybridized carbons (Fsp3) is 0.750. The molecule has 7 heavy (non-hydrogen) atoms. The van der Waals surface area contributed by atoms with Crippen molar-refractivity contribution in [3.05, 3.63) is 0 Å². The second kappa shape index (κ2) is 9.44. The van der Waals surface area contributed by atoms with E-state index in [1.54, 1.807) is 0 Å². The van der Waals surface area contributed by atoms with E-state index in [-0.39, 0.29) is 0 Å². The van der Waals surface area contributed by atoms with Gasteiger partial charge in [0.15, 0.2) is 0 Å². The SMILES string of the molecule is CC(=O)O.[CH3][Ga][CH3]. The van der Waals surface area contributed by atoms with Gasteiger partial charge in [-0.05, 0) is 0 Å². The van der Waals surface area contributed by atoms with E-state index in [9.17, 15) is 0 Å². The van der Waals surface area contributed by atoms with Crippen molar-refractivity contribution in [1.29, 1.82) is 0 Å². The van der Waals surface area contributed by atoms with Crippen LogP contribution < -0.4 is 0 Å². The van der Waals surface area contributed by atoms with Gasteiger partial charge in [-0.15, -0.1) is 0 Å². The molecule has 1 N–H and O–H groups in total. The van der Waals surface area contributed by atoms with Crippen molar-refractivity contribution < 1.29 is 9.90 Å². The van der Waals surface area contributed by atoms with E-state index >= 15 is 0 Å². The van der Waals surface area contributed by atoms with Crippen molar-refractivity contribution >= 4 is 23.4 Å². The van der Waals surface area contributed by atoms with Crippen molar-refractivity contribution in [3.8, 4) is 0 Å². The topological polar surface area (TPSA) is 37.3 Å². The van der Waals surface area contributed by atoms with E-state index in [1.807, 2.05) is 0 Å². The predicted molar refractivity (Wildman–Crippen MR) is 30.8 cm³/mol. The molecule has 0 unspecified atom stereocenters. The molecule has 0 spiro atoms. The first kappa shape index (κ1) is 10.2. The second-order valence-electron chi connectivity index (χ2n) is 1.10. The predicted octanol–water partition coefficient (Wildman–Crippen LogP) is 0.878. The van der Waals surface area contributed by atoms with Gasteiger partial charge in [-0.3, -0.25) is 4.79 Å². The number of carboxylic acids is 1. The molecule has 0 aromatic carbocycles. The molecule has 0 atom stereocenters. The molecule has 0 amide bonds. The van der Waals surface area contributed by atoms with Gasteiger partial charge in [-0.2, -0.15) is 0 Å². The van der Waals surface area contributed by atoms with Crippen LogP contribution in [0, 0.1) is 0 Å². The Morgan fingerprint density at radius 2 is 1.57 bits per heavy atom. The molecular formula is C4H10GaO2. The van der Waals surface area contributed by atoms with E-state index < -0.39 is 5.97 Å². The van der Waals surface area contributed by atoms with Crippen LogP contribution in [0.25, 0.3) is 0 Å². The van der Waals surface area contributed by atoms with Gasteiger partial charge in [-0.25, -0.2) is 0 Å². The zero-order chi connectivity index (χ0) is 6.28. The first-order valence-corrected chi connectivity index (χ1v) is 6.93. The minimum absolute atomic E-state index is 0.312. The van der Waals surface area contributed by atoms with Gasteiger partial charge in [-0.1, -0.05) is 0 Å². The maximum atomic E-state index is 9.00. The first-order chi connectivity index (χ1) is 3.15. The van der Waals surface area contributed by atoms with Gasteiger partial charge in [0.25, 0.3) is 5.97 Å². The molecule has 0 aliphatic carbocycles. The molecule has 2 nitrogen and oxygen atoms in total. The van der Waals surface area contributed by atoms with Crippen molar-refractivity contribution in [3.63, 3.8) is 0 Å². The summed E-state index contributed by atoms with van der Waals surface area (Å²) in [5.74, 6) is -0.833. The summed E-state index contributed by atoms with van der Waals surface area (Å²) in [7, 11) is 0. The standard InChI is InChI=1S/C2H4O2.2CH3.Ga/c1-2(3)4;;;/h1H3,(H,3,4);2*1H3;. The van der Waals surface area contributed by atoms with Crippen LogP contribution in [-0.4, -0.2) is 28.5 Å². The van der Waals surface area contributed by atoms with E-state index in [1.165, 1.54) is 0 Å². The summed E-state index contributed by atoms with van der Waals surface area (Å²) in [5.41, 5.74) is 4.56. The van der Waals surface area contributed by atoms with Crippen LogP contribution >= 0.6 is 0 Å². The third-order valence-electron chi connectivity index (χ3n) is 0. The van der Waals surface area contributed by atoms with Gasteiger partial charge in [0.05, 0.1) is 0 Å². The van der Waals surface area contributed by atoms with Gasteiger partial charge in [0, 0.05) is 6.92 Å². The van der Waals surface area contributed by atoms with Crippen LogP contribution in [0.3, 0.4) is 0 Å². The zero-order valence-corrected chi connectivity index (χ0v) is 7.36. The summed E-state index contributed by atoms with van der Waals surface area (Å²) < 4.78 is 0. The number of hydrogen-bond acceptors (Lipinski definition) is 1. The van der Waals surface area contributed by atoms with Crippen LogP contribution in [0.5, 0.6) is 0 Å². The van der Waals surface area contributed by atoms with Crippen LogP contribution in [-0.2, 0) is 4.79 Å². The molecule has 0 saturated heterocycles. The summed E-state index contributed by atoms with van der Waals surface area (Å²) in [6, 6.07) is 0. The Labute approximate surface area is 51.7 Å². The Bertz CT molecular complexity index is 41.0. The summed E-state index contributed by atoms with van der Waals surface area (Å²) in [6.07, 6.45) is 0. The monoisotopic (exact) mass is 159 g/mol. The maximum absolute atomic E-state index is 9.00. The van der Waals surface area contributed by atoms with Crippen LogP contribution in [0.4, 0.5) is 0 Å². The minimum atomic E-state index is -0.833. The van der Waals surface area contributed by atoms with Gasteiger partial charge in [0.2, 0.25) is 0 Å². The first-order valence-electron chi connectivity index (χ1n) is 2.08. The fourth-order valence-corrected chi connectivity index (χ4v) is 0. The molecule has 0 aliphatic rings. The van der Waals surface area contributed by atoms with E-state index in [4.69, 9.17) is 9.90 Å². The zero-order valence-electron chi connectivity index (χ0n) is 4.93. The van der Waals surface area contributed by atoms with Crippen LogP contribution in [0.15, 0.2) is 0 Å². The number of rotatable bonds is 0. The number of carboxylic acid groups (broad SMARTS) is 1. The molecule has 3 heteroatoms. The molecule has 1 radical (unpaired) electrons. The number of aliphatic carboxylic acids is 1. The number of hydrogen-bond donors (Lipinski definition) is 1.